The van der Waals surface area contributed by atoms with E-state index in [9.17, 15) is 19.5 Å². The molecule has 2 fully saturated rings. The molecular formula is C35H46N6O4. The first-order valence-electron chi connectivity index (χ1n) is 16.0. The number of amides is 2. The van der Waals surface area contributed by atoms with Crippen LogP contribution in [0.5, 0.6) is 0 Å². The van der Waals surface area contributed by atoms with Gasteiger partial charge >= 0.3 is 0 Å². The number of aliphatic hydroxyl groups is 1. The van der Waals surface area contributed by atoms with E-state index in [0.29, 0.717) is 42.0 Å². The van der Waals surface area contributed by atoms with Gasteiger partial charge in [-0.1, -0.05) is 6.07 Å². The molecule has 3 aromatic rings. The molecule has 1 saturated heterocycles. The van der Waals surface area contributed by atoms with Gasteiger partial charge in [-0.05, 0) is 108 Å². The zero-order valence-electron chi connectivity index (χ0n) is 27.3. The number of pyridine rings is 2. The van der Waals surface area contributed by atoms with Crippen molar-refractivity contribution in [1.29, 1.82) is 0 Å². The third kappa shape index (κ3) is 6.97. The highest BCUT2D eigenvalue weighted by Gasteiger charge is 2.31. The summed E-state index contributed by atoms with van der Waals surface area (Å²) in [6.45, 7) is 9.43. The molecule has 5 rings (SSSR count). The predicted octanol–water partition coefficient (Wildman–Crippen LogP) is 3.81. The SMILES string of the molecule is CCN(c1cc(-c2ccc(C(=O)N3CC(O)C3)nc2)cc(C(=O)NCc2c(C)cc(C)[nH]c2=O)c1C)C1CCC(N(C)C)CC1. The van der Waals surface area contributed by atoms with Gasteiger partial charge in [-0.2, -0.15) is 0 Å². The maximum atomic E-state index is 13.8. The number of anilines is 1. The van der Waals surface area contributed by atoms with Crippen molar-refractivity contribution < 1.29 is 14.7 Å². The number of nitrogens with one attached hydrogen (secondary N) is 2. The Balaban J connectivity index is 1.48. The molecule has 0 atom stereocenters. The number of aliphatic hydroxyl groups excluding tert-OH is 1. The molecule has 3 heterocycles. The van der Waals surface area contributed by atoms with Crippen LogP contribution in [0.2, 0.25) is 0 Å². The Hall–Kier alpha value is -4.02. The average Bonchev–Trinajstić information content (AvgIpc) is 3.00. The topological polar surface area (TPSA) is 122 Å². The third-order valence-corrected chi connectivity index (χ3v) is 9.50. The van der Waals surface area contributed by atoms with E-state index < -0.39 is 6.10 Å². The number of β-amino-alcohol motifs (C(OH)–C–C–N with tert-alkyl or cyclic N) is 1. The van der Waals surface area contributed by atoms with E-state index in [0.717, 1.165) is 65.9 Å². The number of likely N-dealkylation sites (tertiary alicyclic amines) is 1. The number of nitrogens with zero attached hydrogens (tertiary/aromatic N) is 4. The van der Waals surface area contributed by atoms with Crippen LogP contribution >= 0.6 is 0 Å². The van der Waals surface area contributed by atoms with E-state index in [4.69, 9.17) is 0 Å². The van der Waals surface area contributed by atoms with Crippen LogP contribution in [0.1, 0.15) is 75.8 Å². The van der Waals surface area contributed by atoms with E-state index in [1.165, 1.54) is 0 Å². The van der Waals surface area contributed by atoms with Gasteiger partial charge in [-0.15, -0.1) is 0 Å². The smallest absolute Gasteiger partial charge is 0.272 e. The molecule has 2 aromatic heterocycles. The second-order valence-electron chi connectivity index (χ2n) is 12.8. The van der Waals surface area contributed by atoms with Gasteiger partial charge in [-0.25, -0.2) is 0 Å². The molecule has 2 amide bonds. The van der Waals surface area contributed by atoms with E-state index in [-0.39, 0.29) is 23.9 Å². The van der Waals surface area contributed by atoms with Gasteiger partial charge in [0.15, 0.2) is 0 Å². The number of aromatic amines is 1. The fraction of sp³-hybridized carbons (Fsp3) is 0.486. The molecule has 45 heavy (non-hydrogen) atoms. The Labute approximate surface area is 265 Å². The lowest BCUT2D eigenvalue weighted by atomic mass is 9.88. The first-order chi connectivity index (χ1) is 21.5. The lowest BCUT2D eigenvalue weighted by Gasteiger charge is -2.40. The zero-order chi connectivity index (χ0) is 32.4. The highest BCUT2D eigenvalue weighted by Crippen LogP contribution is 2.35. The van der Waals surface area contributed by atoms with Crippen LogP contribution in [0.15, 0.2) is 41.3 Å². The van der Waals surface area contributed by atoms with E-state index in [1.54, 1.807) is 17.2 Å². The van der Waals surface area contributed by atoms with Gasteiger partial charge < -0.3 is 30.1 Å². The molecule has 0 unspecified atom stereocenters. The fourth-order valence-corrected chi connectivity index (χ4v) is 6.75. The molecule has 1 aliphatic heterocycles. The normalized spacial score (nSPS) is 18.5. The Bertz CT molecular complexity index is 1600. The van der Waals surface area contributed by atoms with Gasteiger partial charge in [0.2, 0.25) is 0 Å². The minimum absolute atomic E-state index is 0.120. The number of aromatic nitrogens is 2. The highest BCUT2D eigenvalue weighted by molar-refractivity contribution is 5.99. The van der Waals surface area contributed by atoms with Gasteiger partial charge in [0.05, 0.1) is 6.10 Å². The maximum absolute atomic E-state index is 13.8. The van der Waals surface area contributed by atoms with Crippen LogP contribution in [-0.4, -0.2) is 88.6 Å². The maximum Gasteiger partial charge on any atom is 0.272 e. The minimum Gasteiger partial charge on any atom is -0.389 e. The molecule has 1 saturated carbocycles. The number of carbonyl (C=O) groups is 2. The minimum atomic E-state index is -0.475. The summed E-state index contributed by atoms with van der Waals surface area (Å²) in [5.41, 5.74) is 6.34. The summed E-state index contributed by atoms with van der Waals surface area (Å²) in [5, 5.41) is 12.6. The third-order valence-electron chi connectivity index (χ3n) is 9.50. The lowest BCUT2D eigenvalue weighted by molar-refractivity contribution is 0.00550. The largest absolute Gasteiger partial charge is 0.389 e. The molecule has 3 N–H and O–H groups in total. The predicted molar refractivity (Wildman–Crippen MR) is 177 cm³/mol. The van der Waals surface area contributed by atoms with E-state index >= 15 is 0 Å². The fourth-order valence-electron chi connectivity index (χ4n) is 6.75. The van der Waals surface area contributed by atoms with Gasteiger partial charge in [0, 0.05) is 72.5 Å². The first kappa shape index (κ1) is 32.4. The molecule has 2 aliphatic rings. The van der Waals surface area contributed by atoms with Crippen LogP contribution in [0.3, 0.4) is 0 Å². The summed E-state index contributed by atoms with van der Waals surface area (Å²) in [7, 11) is 4.29. The molecule has 1 aromatic carbocycles. The van der Waals surface area contributed by atoms with E-state index in [2.05, 4.69) is 52.2 Å². The van der Waals surface area contributed by atoms with E-state index in [1.807, 2.05) is 39.0 Å². The molecule has 0 bridgehead atoms. The molecule has 240 valence electrons. The Morgan fingerprint density at radius 2 is 1.71 bits per heavy atom. The number of benzene rings is 1. The van der Waals surface area contributed by atoms with Crippen molar-refractivity contribution in [2.45, 2.75) is 78.1 Å². The van der Waals surface area contributed by atoms with Crippen molar-refractivity contribution in [3.63, 3.8) is 0 Å². The number of H-pyrrole nitrogens is 1. The second-order valence-corrected chi connectivity index (χ2v) is 12.8. The van der Waals surface area contributed by atoms with Gasteiger partial charge in [-0.3, -0.25) is 19.4 Å². The molecule has 0 radical (unpaired) electrons. The van der Waals surface area contributed by atoms with Crippen molar-refractivity contribution in [2.24, 2.45) is 0 Å². The van der Waals surface area contributed by atoms with Crippen molar-refractivity contribution >= 4 is 17.5 Å². The number of carbonyl (C=O) groups excluding carboxylic acids is 2. The molecule has 10 heteroatoms. The lowest BCUT2D eigenvalue weighted by Crippen LogP contribution is -2.53. The van der Waals surface area contributed by atoms with Crippen molar-refractivity contribution in [3.8, 4) is 11.1 Å². The summed E-state index contributed by atoms with van der Waals surface area (Å²) in [6.07, 6.45) is 5.59. The summed E-state index contributed by atoms with van der Waals surface area (Å²) < 4.78 is 0. The van der Waals surface area contributed by atoms with Crippen molar-refractivity contribution in [2.75, 3.05) is 38.6 Å². The Kier molecular flexibility index (Phi) is 9.74. The number of rotatable bonds is 9. The number of hydrogen-bond donors (Lipinski definition) is 3. The summed E-state index contributed by atoms with van der Waals surface area (Å²) in [4.78, 5) is 52.8. The summed E-state index contributed by atoms with van der Waals surface area (Å²) in [5.74, 6) is -0.457. The molecule has 1 aliphatic carbocycles. The van der Waals surface area contributed by atoms with Crippen LogP contribution in [0, 0.1) is 20.8 Å². The standard InChI is InChI=1S/C35H46N6O4/c1-7-41(27-11-9-26(10-12-27)39(5)6)32-16-25(24-8-13-31(36-17-24)35(45)40-19-28(42)20-40)15-29(23(32)4)33(43)37-18-30-21(2)14-22(3)38-34(30)44/h8,13-17,26-28,42H,7,9-12,18-20H2,1-6H3,(H,37,43)(H,38,44). The monoisotopic (exact) mass is 614 g/mol. The second kappa shape index (κ2) is 13.5. The zero-order valence-corrected chi connectivity index (χ0v) is 27.3. The van der Waals surface area contributed by atoms with Gasteiger partial charge in [0.1, 0.15) is 5.69 Å². The Morgan fingerprint density at radius 1 is 1.02 bits per heavy atom. The number of aryl methyl sites for hydroxylation is 2. The molecule has 10 nitrogen and oxygen atoms in total. The summed E-state index contributed by atoms with van der Waals surface area (Å²) in [6, 6.07) is 10.4. The average molecular weight is 615 g/mol. The van der Waals surface area contributed by atoms with Crippen molar-refractivity contribution in [1.82, 2.24) is 25.1 Å². The van der Waals surface area contributed by atoms with Crippen LogP contribution in [0.4, 0.5) is 5.69 Å². The number of hydrogen-bond acceptors (Lipinski definition) is 7. The van der Waals surface area contributed by atoms with Crippen LogP contribution < -0.4 is 15.8 Å². The van der Waals surface area contributed by atoms with Crippen LogP contribution in [-0.2, 0) is 6.54 Å². The summed E-state index contributed by atoms with van der Waals surface area (Å²) >= 11 is 0. The molecule has 0 spiro atoms. The highest BCUT2D eigenvalue weighted by atomic mass is 16.3. The Morgan fingerprint density at radius 3 is 2.29 bits per heavy atom. The quantitative estimate of drug-likeness (QED) is 0.335. The van der Waals surface area contributed by atoms with Crippen molar-refractivity contribution in [3.05, 3.63) is 80.5 Å². The van der Waals surface area contributed by atoms with Crippen LogP contribution in [0.25, 0.3) is 11.1 Å². The van der Waals surface area contributed by atoms with Gasteiger partial charge in [0.25, 0.3) is 17.4 Å². The first-order valence-corrected chi connectivity index (χ1v) is 16.0. The molecular weight excluding hydrogens is 568 g/mol.